The molecule has 0 radical (unpaired) electrons. The number of rotatable bonds is 6. The number of esters is 1. The molecule has 1 unspecified atom stereocenters. The molecule has 0 amide bonds. The fourth-order valence-electron chi connectivity index (χ4n) is 1.65. The average Bonchev–Trinajstić information content (AvgIpc) is 2.44. The first-order chi connectivity index (χ1) is 9.33. The Morgan fingerprint density at radius 1 is 1.40 bits per heavy atom. The molecule has 0 aliphatic carbocycles. The number of benzene rings is 1. The van der Waals surface area contributed by atoms with Gasteiger partial charge in [-0.1, -0.05) is 6.07 Å². The van der Waals surface area contributed by atoms with Crippen LogP contribution >= 0.6 is 0 Å². The summed E-state index contributed by atoms with van der Waals surface area (Å²) in [6.07, 6.45) is 0. The highest BCUT2D eigenvalue weighted by Gasteiger charge is 2.21. The van der Waals surface area contributed by atoms with Gasteiger partial charge in [-0.2, -0.15) is 0 Å². The van der Waals surface area contributed by atoms with Crippen molar-refractivity contribution in [1.82, 2.24) is 10.0 Å². The van der Waals surface area contributed by atoms with Crippen LogP contribution in [0.25, 0.3) is 0 Å². The topological polar surface area (TPSA) is 84.5 Å². The van der Waals surface area contributed by atoms with E-state index >= 15 is 0 Å². The van der Waals surface area contributed by atoms with Crippen molar-refractivity contribution in [2.24, 2.45) is 0 Å². The van der Waals surface area contributed by atoms with Gasteiger partial charge in [0.1, 0.15) is 0 Å². The lowest BCUT2D eigenvalue weighted by Gasteiger charge is -2.14. The Morgan fingerprint density at radius 3 is 2.60 bits per heavy atom. The molecule has 0 heterocycles. The van der Waals surface area contributed by atoms with Gasteiger partial charge in [-0.05, 0) is 38.6 Å². The molecule has 0 fully saturated rings. The summed E-state index contributed by atoms with van der Waals surface area (Å²) in [6.45, 7) is 3.71. The fourth-order valence-corrected chi connectivity index (χ4v) is 3.05. The number of hydrogen-bond acceptors (Lipinski definition) is 5. The van der Waals surface area contributed by atoms with E-state index in [1.807, 2.05) is 6.92 Å². The van der Waals surface area contributed by atoms with Crippen LogP contribution in [0.1, 0.15) is 22.8 Å². The van der Waals surface area contributed by atoms with E-state index in [9.17, 15) is 13.2 Å². The van der Waals surface area contributed by atoms with Crippen molar-refractivity contribution in [3.63, 3.8) is 0 Å². The van der Waals surface area contributed by atoms with Crippen LogP contribution in [0.4, 0.5) is 0 Å². The van der Waals surface area contributed by atoms with Gasteiger partial charge >= 0.3 is 5.97 Å². The van der Waals surface area contributed by atoms with Gasteiger partial charge < -0.3 is 10.1 Å². The summed E-state index contributed by atoms with van der Waals surface area (Å²) in [5.41, 5.74) is 0.626. The van der Waals surface area contributed by atoms with E-state index in [0.717, 1.165) is 0 Å². The first-order valence-electron chi connectivity index (χ1n) is 6.18. The van der Waals surface area contributed by atoms with Crippen LogP contribution < -0.4 is 10.0 Å². The molecule has 2 N–H and O–H groups in total. The smallest absolute Gasteiger partial charge is 0.338 e. The van der Waals surface area contributed by atoms with Gasteiger partial charge in [0, 0.05) is 12.6 Å². The highest BCUT2D eigenvalue weighted by molar-refractivity contribution is 7.89. The van der Waals surface area contributed by atoms with Crippen molar-refractivity contribution in [2.75, 3.05) is 20.7 Å². The molecule has 20 heavy (non-hydrogen) atoms. The lowest BCUT2D eigenvalue weighted by molar-refractivity contribution is 0.0599. The first-order valence-corrected chi connectivity index (χ1v) is 7.66. The van der Waals surface area contributed by atoms with E-state index in [1.165, 1.54) is 25.3 Å². The van der Waals surface area contributed by atoms with Crippen molar-refractivity contribution in [3.8, 4) is 0 Å². The highest BCUT2D eigenvalue weighted by Crippen LogP contribution is 2.19. The molecule has 112 valence electrons. The van der Waals surface area contributed by atoms with Gasteiger partial charge in [-0.3, -0.25) is 0 Å². The second-order valence-corrected chi connectivity index (χ2v) is 6.20. The summed E-state index contributed by atoms with van der Waals surface area (Å²) in [5, 5.41) is 2.94. The molecule has 7 heteroatoms. The summed E-state index contributed by atoms with van der Waals surface area (Å²) in [4.78, 5) is 11.7. The van der Waals surface area contributed by atoms with Gasteiger partial charge in [0.25, 0.3) is 0 Å². The van der Waals surface area contributed by atoms with Crippen LogP contribution in [0.3, 0.4) is 0 Å². The number of ether oxygens (including phenoxy) is 1. The van der Waals surface area contributed by atoms with Gasteiger partial charge in [-0.15, -0.1) is 0 Å². The number of carbonyl (C=O) groups is 1. The molecule has 6 nitrogen and oxygen atoms in total. The standard InChI is InChI=1S/C13H20N2O4S/c1-9(14-3)8-15-20(17,18)12-7-5-6-11(10(12)2)13(16)19-4/h5-7,9,14-15H,8H2,1-4H3. The maximum Gasteiger partial charge on any atom is 0.338 e. The summed E-state index contributed by atoms with van der Waals surface area (Å²) in [7, 11) is -0.646. The molecule has 0 aliphatic rings. The third-order valence-corrected chi connectivity index (χ3v) is 4.62. The normalized spacial score (nSPS) is 13.0. The average molecular weight is 300 g/mol. The number of carbonyl (C=O) groups excluding carboxylic acids is 1. The maximum atomic E-state index is 12.2. The van der Waals surface area contributed by atoms with E-state index in [2.05, 4.69) is 14.8 Å². The number of nitrogens with one attached hydrogen (secondary N) is 2. The summed E-state index contributed by atoms with van der Waals surface area (Å²) in [6, 6.07) is 4.54. The number of sulfonamides is 1. The molecule has 0 bridgehead atoms. The Morgan fingerprint density at radius 2 is 2.05 bits per heavy atom. The monoisotopic (exact) mass is 300 g/mol. The van der Waals surface area contributed by atoms with Crippen LogP contribution in [-0.2, 0) is 14.8 Å². The second kappa shape index (κ2) is 6.83. The number of methoxy groups -OCH3 is 1. The minimum absolute atomic E-state index is 0.00821. The van der Waals surface area contributed by atoms with Gasteiger partial charge in [0.2, 0.25) is 10.0 Å². The third-order valence-electron chi connectivity index (χ3n) is 3.05. The molecule has 1 aromatic rings. The lowest BCUT2D eigenvalue weighted by atomic mass is 10.1. The minimum atomic E-state index is -3.66. The predicted octanol–water partition coefficient (Wildman–Crippen LogP) is 0.668. The molecule has 1 rings (SSSR count). The quantitative estimate of drug-likeness (QED) is 0.754. The molecular weight excluding hydrogens is 280 g/mol. The molecular formula is C13H20N2O4S. The first kappa shape index (κ1) is 16.6. The van der Waals surface area contributed by atoms with E-state index in [1.54, 1.807) is 14.0 Å². The Kier molecular flexibility index (Phi) is 5.67. The summed E-state index contributed by atoms with van der Waals surface area (Å²) >= 11 is 0. The maximum absolute atomic E-state index is 12.2. The van der Waals surface area contributed by atoms with Crippen LogP contribution in [-0.4, -0.2) is 41.1 Å². The fraction of sp³-hybridized carbons (Fsp3) is 0.462. The summed E-state index contributed by atoms with van der Waals surface area (Å²) < 4.78 is 31.6. The van der Waals surface area contributed by atoms with Gasteiger partial charge in [-0.25, -0.2) is 17.9 Å². The summed E-state index contributed by atoms with van der Waals surface area (Å²) in [5.74, 6) is -0.553. The van der Waals surface area contributed by atoms with Crippen molar-refractivity contribution in [3.05, 3.63) is 29.3 Å². The van der Waals surface area contributed by atoms with Gasteiger partial charge in [0.15, 0.2) is 0 Å². The van der Waals surface area contributed by atoms with Crippen LogP contribution in [0.5, 0.6) is 0 Å². The van der Waals surface area contributed by atoms with Crippen molar-refractivity contribution >= 4 is 16.0 Å². The molecule has 1 atom stereocenters. The molecule has 0 aromatic heterocycles. The molecule has 0 saturated carbocycles. The van der Waals surface area contributed by atoms with Crippen LogP contribution in [0.2, 0.25) is 0 Å². The zero-order valence-electron chi connectivity index (χ0n) is 12.1. The molecule has 0 aliphatic heterocycles. The van der Waals surface area contributed by atoms with Gasteiger partial charge in [0.05, 0.1) is 17.6 Å². The van der Waals surface area contributed by atoms with Crippen LogP contribution in [0.15, 0.2) is 23.1 Å². The van der Waals surface area contributed by atoms with E-state index in [-0.39, 0.29) is 23.0 Å². The SMILES string of the molecule is CNC(C)CNS(=O)(=O)c1cccc(C(=O)OC)c1C. The Hall–Kier alpha value is -1.44. The van der Waals surface area contributed by atoms with Crippen LogP contribution in [0, 0.1) is 6.92 Å². The van der Waals surface area contributed by atoms with Crippen molar-refractivity contribution in [2.45, 2.75) is 24.8 Å². The lowest BCUT2D eigenvalue weighted by Crippen LogP contribution is -2.37. The minimum Gasteiger partial charge on any atom is -0.465 e. The number of likely N-dealkylation sites (N-methyl/N-ethyl adjacent to an activating group) is 1. The zero-order chi connectivity index (χ0) is 15.3. The third kappa shape index (κ3) is 3.78. The highest BCUT2D eigenvalue weighted by atomic mass is 32.2. The Balaban J connectivity index is 3.10. The largest absolute Gasteiger partial charge is 0.465 e. The number of hydrogen-bond donors (Lipinski definition) is 2. The molecule has 1 aromatic carbocycles. The van der Waals surface area contributed by atoms with Crippen molar-refractivity contribution in [1.29, 1.82) is 0 Å². The second-order valence-electron chi connectivity index (χ2n) is 4.46. The van der Waals surface area contributed by atoms with E-state index < -0.39 is 16.0 Å². The van der Waals surface area contributed by atoms with E-state index in [4.69, 9.17) is 0 Å². The zero-order valence-corrected chi connectivity index (χ0v) is 12.9. The molecule has 0 saturated heterocycles. The predicted molar refractivity (Wildman–Crippen MR) is 76.2 cm³/mol. The molecule has 0 spiro atoms. The van der Waals surface area contributed by atoms with E-state index in [0.29, 0.717) is 5.56 Å². The Labute approximate surface area is 119 Å². The Bertz CT molecular complexity index is 584. The van der Waals surface area contributed by atoms with Crippen molar-refractivity contribution < 1.29 is 17.9 Å².